The number of oxazole rings is 1. The number of hydrogen-bond acceptors (Lipinski definition) is 4. The molecule has 4 heteroatoms. The Bertz CT molecular complexity index is 250. The van der Waals surface area contributed by atoms with Crippen LogP contribution in [-0.4, -0.2) is 35.8 Å². The van der Waals surface area contributed by atoms with E-state index in [9.17, 15) is 0 Å². The first-order valence-corrected chi connectivity index (χ1v) is 5.54. The molecule has 0 aromatic carbocycles. The first kappa shape index (κ1) is 9.09. The van der Waals surface area contributed by atoms with E-state index in [0.717, 1.165) is 16.9 Å². The molecule has 72 valence electrons. The van der Waals surface area contributed by atoms with Gasteiger partial charge in [0.25, 0.3) is 5.22 Å². The molecular formula is C9H14N2OS. The molecule has 0 radical (unpaired) electrons. The van der Waals surface area contributed by atoms with Crippen molar-refractivity contribution >= 4 is 11.8 Å². The van der Waals surface area contributed by atoms with E-state index in [1.165, 1.54) is 19.5 Å². The third kappa shape index (κ3) is 2.48. The van der Waals surface area contributed by atoms with Crippen LogP contribution in [0.5, 0.6) is 0 Å². The van der Waals surface area contributed by atoms with E-state index < -0.39 is 0 Å². The SMILES string of the molecule is CN1CCC(CSc2ncco2)C1. The van der Waals surface area contributed by atoms with E-state index in [1.807, 2.05) is 0 Å². The molecule has 2 heterocycles. The zero-order chi connectivity index (χ0) is 9.10. The van der Waals surface area contributed by atoms with E-state index in [1.54, 1.807) is 24.2 Å². The maximum absolute atomic E-state index is 5.16. The Balaban J connectivity index is 1.74. The van der Waals surface area contributed by atoms with Crippen LogP contribution in [0.2, 0.25) is 0 Å². The van der Waals surface area contributed by atoms with Gasteiger partial charge >= 0.3 is 0 Å². The van der Waals surface area contributed by atoms with Gasteiger partial charge in [0.15, 0.2) is 0 Å². The van der Waals surface area contributed by atoms with Crippen LogP contribution in [0.3, 0.4) is 0 Å². The second-order valence-electron chi connectivity index (χ2n) is 3.53. The second-order valence-corrected chi connectivity index (χ2v) is 4.50. The molecule has 0 amide bonds. The fraction of sp³-hybridized carbons (Fsp3) is 0.667. The van der Waals surface area contributed by atoms with Crippen molar-refractivity contribution in [2.45, 2.75) is 11.6 Å². The molecule has 3 nitrogen and oxygen atoms in total. The lowest BCUT2D eigenvalue weighted by molar-refractivity contribution is 0.402. The topological polar surface area (TPSA) is 29.3 Å². The second kappa shape index (κ2) is 4.15. The van der Waals surface area contributed by atoms with E-state index in [-0.39, 0.29) is 0 Å². The number of hydrogen-bond donors (Lipinski definition) is 0. The molecule has 1 unspecified atom stereocenters. The van der Waals surface area contributed by atoms with Gasteiger partial charge in [0.05, 0.1) is 6.20 Å². The normalized spacial score (nSPS) is 23.9. The molecule has 2 rings (SSSR count). The minimum atomic E-state index is 0.801. The summed E-state index contributed by atoms with van der Waals surface area (Å²) in [5.74, 6) is 1.94. The summed E-state index contributed by atoms with van der Waals surface area (Å²) in [6.45, 7) is 2.45. The maximum Gasteiger partial charge on any atom is 0.255 e. The lowest BCUT2D eigenvalue weighted by Gasteiger charge is -2.07. The minimum absolute atomic E-state index is 0.801. The third-order valence-electron chi connectivity index (χ3n) is 2.34. The van der Waals surface area contributed by atoms with Crippen LogP contribution in [0.25, 0.3) is 0 Å². The fourth-order valence-electron chi connectivity index (χ4n) is 1.63. The van der Waals surface area contributed by atoms with Crippen molar-refractivity contribution in [2.75, 3.05) is 25.9 Å². The molecule has 0 N–H and O–H groups in total. The van der Waals surface area contributed by atoms with Crippen molar-refractivity contribution in [3.05, 3.63) is 12.5 Å². The summed E-state index contributed by atoms with van der Waals surface area (Å²) >= 11 is 1.72. The smallest absolute Gasteiger partial charge is 0.255 e. The van der Waals surface area contributed by atoms with E-state index in [0.29, 0.717) is 0 Å². The highest BCUT2D eigenvalue weighted by Gasteiger charge is 2.19. The molecule has 0 saturated carbocycles. The summed E-state index contributed by atoms with van der Waals surface area (Å²) in [6.07, 6.45) is 4.64. The van der Waals surface area contributed by atoms with Gasteiger partial charge in [-0.05, 0) is 25.9 Å². The minimum Gasteiger partial charge on any atom is -0.440 e. The van der Waals surface area contributed by atoms with Gasteiger partial charge in [0, 0.05) is 12.3 Å². The van der Waals surface area contributed by atoms with Crippen LogP contribution in [0, 0.1) is 5.92 Å². The summed E-state index contributed by atoms with van der Waals surface area (Å²) in [4.78, 5) is 6.45. The third-order valence-corrected chi connectivity index (χ3v) is 3.43. The number of thioether (sulfide) groups is 1. The zero-order valence-corrected chi connectivity index (χ0v) is 8.59. The molecule has 13 heavy (non-hydrogen) atoms. The summed E-state index contributed by atoms with van der Waals surface area (Å²) in [5.41, 5.74) is 0. The molecule has 1 aromatic heterocycles. The van der Waals surface area contributed by atoms with Gasteiger partial charge in [-0.3, -0.25) is 0 Å². The van der Waals surface area contributed by atoms with Gasteiger partial charge in [-0.2, -0.15) is 0 Å². The van der Waals surface area contributed by atoms with Gasteiger partial charge in [0.2, 0.25) is 0 Å². The molecule has 0 bridgehead atoms. The summed E-state index contributed by atoms with van der Waals surface area (Å²) in [6, 6.07) is 0. The lowest BCUT2D eigenvalue weighted by Crippen LogP contribution is -2.14. The Kier molecular flexibility index (Phi) is 2.90. The standard InChI is InChI=1S/C9H14N2OS/c1-11-4-2-8(6-11)7-13-9-10-3-5-12-9/h3,5,8H,2,4,6-7H2,1H3. The van der Waals surface area contributed by atoms with E-state index in [2.05, 4.69) is 16.9 Å². The van der Waals surface area contributed by atoms with Crippen molar-refractivity contribution in [3.8, 4) is 0 Å². The average Bonchev–Trinajstić information content (AvgIpc) is 2.71. The lowest BCUT2D eigenvalue weighted by atomic mass is 10.2. The highest BCUT2D eigenvalue weighted by atomic mass is 32.2. The number of rotatable bonds is 3. The van der Waals surface area contributed by atoms with Gasteiger partial charge in [-0.15, -0.1) is 0 Å². The molecule has 1 aliphatic rings. The first-order valence-electron chi connectivity index (χ1n) is 4.55. The number of likely N-dealkylation sites (tertiary alicyclic amines) is 1. The predicted molar refractivity (Wildman–Crippen MR) is 52.8 cm³/mol. The Morgan fingerprint density at radius 2 is 2.69 bits per heavy atom. The molecular weight excluding hydrogens is 184 g/mol. The molecule has 1 aromatic rings. The van der Waals surface area contributed by atoms with Crippen molar-refractivity contribution in [1.82, 2.24) is 9.88 Å². The number of aromatic nitrogens is 1. The summed E-state index contributed by atoms with van der Waals surface area (Å²) in [5, 5.41) is 0.801. The average molecular weight is 198 g/mol. The number of nitrogens with zero attached hydrogens (tertiary/aromatic N) is 2. The molecule has 1 saturated heterocycles. The summed E-state index contributed by atoms with van der Waals surface area (Å²) in [7, 11) is 2.18. The van der Waals surface area contributed by atoms with Gasteiger partial charge in [0.1, 0.15) is 6.26 Å². The fourth-order valence-corrected chi connectivity index (χ4v) is 2.54. The molecule has 1 fully saturated rings. The largest absolute Gasteiger partial charge is 0.440 e. The van der Waals surface area contributed by atoms with E-state index in [4.69, 9.17) is 4.42 Å². The van der Waals surface area contributed by atoms with Crippen LogP contribution in [0.1, 0.15) is 6.42 Å². The van der Waals surface area contributed by atoms with Crippen LogP contribution < -0.4 is 0 Å². The van der Waals surface area contributed by atoms with Crippen molar-refractivity contribution in [2.24, 2.45) is 5.92 Å². The monoisotopic (exact) mass is 198 g/mol. The van der Waals surface area contributed by atoms with Crippen molar-refractivity contribution in [1.29, 1.82) is 0 Å². The zero-order valence-electron chi connectivity index (χ0n) is 7.77. The quantitative estimate of drug-likeness (QED) is 0.692. The van der Waals surface area contributed by atoms with Crippen LogP contribution in [0.4, 0.5) is 0 Å². The first-order chi connectivity index (χ1) is 6.34. The van der Waals surface area contributed by atoms with Gasteiger partial charge < -0.3 is 9.32 Å². The van der Waals surface area contributed by atoms with Gasteiger partial charge in [-0.1, -0.05) is 11.8 Å². The highest BCUT2D eigenvalue weighted by Crippen LogP contribution is 2.23. The van der Waals surface area contributed by atoms with Crippen molar-refractivity contribution < 1.29 is 4.42 Å². The Morgan fingerprint density at radius 3 is 3.31 bits per heavy atom. The molecule has 1 atom stereocenters. The van der Waals surface area contributed by atoms with Crippen LogP contribution >= 0.6 is 11.8 Å². The van der Waals surface area contributed by atoms with Crippen molar-refractivity contribution in [3.63, 3.8) is 0 Å². The predicted octanol–water partition coefficient (Wildman–Crippen LogP) is 1.72. The highest BCUT2D eigenvalue weighted by molar-refractivity contribution is 7.99. The van der Waals surface area contributed by atoms with Crippen LogP contribution in [0.15, 0.2) is 22.1 Å². The molecule has 0 aliphatic carbocycles. The molecule has 1 aliphatic heterocycles. The molecule has 0 spiro atoms. The summed E-state index contributed by atoms with van der Waals surface area (Å²) < 4.78 is 5.16. The Hall–Kier alpha value is -0.480. The van der Waals surface area contributed by atoms with E-state index >= 15 is 0 Å². The van der Waals surface area contributed by atoms with Crippen LogP contribution in [-0.2, 0) is 0 Å². The Labute approximate surface area is 82.5 Å². The maximum atomic E-state index is 5.16. The van der Waals surface area contributed by atoms with Gasteiger partial charge in [-0.25, -0.2) is 4.98 Å². The Morgan fingerprint density at radius 1 is 1.77 bits per heavy atom.